The quantitative estimate of drug-likeness (QED) is 0.556. The van der Waals surface area contributed by atoms with Crippen LogP contribution in [0.4, 0.5) is 0 Å². The monoisotopic (exact) mass is 170 g/mol. The largest absolute Gasteiger partial charge is 0.345 e. The van der Waals surface area contributed by atoms with Crippen molar-refractivity contribution in [3.8, 4) is 0 Å². The number of nitrogens with zero attached hydrogens (tertiary/aromatic N) is 3. The van der Waals surface area contributed by atoms with Gasteiger partial charge in [-0.2, -0.15) is 10.2 Å². The molecule has 0 radical (unpaired) electrons. The molecule has 0 bridgehead atoms. The van der Waals surface area contributed by atoms with Crippen molar-refractivity contribution >= 4 is 21.8 Å². The minimum absolute atomic E-state index is 0.912. The van der Waals surface area contributed by atoms with Crippen LogP contribution in [0.3, 0.4) is 0 Å². The van der Waals surface area contributed by atoms with E-state index in [0.717, 1.165) is 21.8 Å². The van der Waals surface area contributed by atoms with Crippen molar-refractivity contribution in [2.75, 3.05) is 0 Å². The normalized spacial score (nSPS) is 11.1. The van der Waals surface area contributed by atoms with Gasteiger partial charge in [-0.3, -0.25) is 0 Å². The number of benzene rings is 1. The highest BCUT2D eigenvalue weighted by Gasteiger charge is 2.01. The predicted octanol–water partition coefficient (Wildman–Crippen LogP) is 1.51. The summed E-state index contributed by atoms with van der Waals surface area (Å²) in [6.07, 6.45) is 5.24. The smallest absolute Gasteiger partial charge is 0.0966 e. The lowest BCUT2D eigenvalue weighted by Crippen LogP contribution is -1.80. The van der Waals surface area contributed by atoms with E-state index in [2.05, 4.69) is 20.2 Å². The molecule has 62 valence electrons. The van der Waals surface area contributed by atoms with Crippen molar-refractivity contribution < 1.29 is 0 Å². The van der Waals surface area contributed by atoms with Crippen molar-refractivity contribution in [3.63, 3.8) is 0 Å². The summed E-state index contributed by atoms with van der Waals surface area (Å²) in [5, 5.41) is 9.95. The van der Waals surface area contributed by atoms with E-state index in [0.29, 0.717) is 0 Å². The Kier molecular flexibility index (Phi) is 1.14. The lowest BCUT2D eigenvalue weighted by Gasteiger charge is -1.96. The lowest BCUT2D eigenvalue weighted by atomic mass is 10.2. The summed E-state index contributed by atoms with van der Waals surface area (Å²) in [7, 11) is 0. The molecule has 13 heavy (non-hydrogen) atoms. The number of hydrogen-bond donors (Lipinski definition) is 1. The maximum Gasteiger partial charge on any atom is 0.0966 e. The topological polar surface area (TPSA) is 54.5 Å². The SMILES string of the molecule is c1ncc2ccc3nncc3c2[nH]1. The van der Waals surface area contributed by atoms with Crippen LogP contribution in [0.1, 0.15) is 0 Å². The predicted molar refractivity (Wildman–Crippen MR) is 49.2 cm³/mol. The Morgan fingerprint density at radius 1 is 1.15 bits per heavy atom. The van der Waals surface area contributed by atoms with Gasteiger partial charge >= 0.3 is 0 Å². The third-order valence-corrected chi connectivity index (χ3v) is 2.10. The lowest BCUT2D eigenvalue weighted by molar-refractivity contribution is 1.12. The molecule has 4 nitrogen and oxygen atoms in total. The fourth-order valence-corrected chi connectivity index (χ4v) is 1.48. The highest BCUT2D eigenvalue weighted by molar-refractivity contribution is 6.02. The molecule has 1 N–H and O–H groups in total. The molecule has 4 heteroatoms. The summed E-state index contributed by atoms with van der Waals surface area (Å²) in [5.74, 6) is 0. The molecule has 0 atom stereocenters. The van der Waals surface area contributed by atoms with Crippen LogP contribution in [0.25, 0.3) is 21.8 Å². The van der Waals surface area contributed by atoms with Crippen molar-refractivity contribution in [2.45, 2.75) is 0 Å². The van der Waals surface area contributed by atoms with Crippen molar-refractivity contribution in [1.29, 1.82) is 0 Å². The number of aromatic amines is 1. The summed E-state index contributed by atoms with van der Waals surface area (Å²) in [6, 6.07) is 3.93. The molecule has 3 aromatic rings. The average Bonchev–Trinajstić information content (AvgIpc) is 2.65. The van der Waals surface area contributed by atoms with Crippen LogP contribution in [-0.2, 0) is 0 Å². The number of hydrogen-bond acceptors (Lipinski definition) is 3. The molecule has 0 aliphatic carbocycles. The summed E-state index contributed by atoms with van der Waals surface area (Å²) < 4.78 is 0. The maximum atomic E-state index is 4.01. The van der Waals surface area contributed by atoms with Crippen LogP contribution in [0.2, 0.25) is 0 Å². The Labute approximate surface area is 73.6 Å². The van der Waals surface area contributed by atoms with Crippen LogP contribution in [0.15, 0.2) is 30.9 Å². The second kappa shape index (κ2) is 2.26. The molecule has 0 unspecified atom stereocenters. The summed E-state index contributed by atoms with van der Waals surface area (Å²) in [5.41, 5.74) is 1.95. The van der Waals surface area contributed by atoms with Gasteiger partial charge in [0.2, 0.25) is 0 Å². The van der Waals surface area contributed by atoms with Gasteiger partial charge in [0.05, 0.1) is 23.6 Å². The van der Waals surface area contributed by atoms with Crippen LogP contribution in [0.5, 0.6) is 0 Å². The molecule has 2 heterocycles. The Balaban J connectivity index is 2.65. The van der Waals surface area contributed by atoms with Gasteiger partial charge in [0, 0.05) is 17.0 Å². The average molecular weight is 170 g/mol. The first-order chi connectivity index (χ1) is 6.45. The Hall–Kier alpha value is -1.97. The first-order valence-electron chi connectivity index (χ1n) is 3.97. The van der Waals surface area contributed by atoms with Gasteiger partial charge in [-0.1, -0.05) is 0 Å². The molecule has 0 amide bonds. The van der Waals surface area contributed by atoms with E-state index in [1.165, 1.54) is 0 Å². The molecule has 0 aliphatic heterocycles. The van der Waals surface area contributed by atoms with E-state index in [1.807, 2.05) is 18.3 Å². The molecular weight excluding hydrogens is 164 g/mol. The highest BCUT2D eigenvalue weighted by Crippen LogP contribution is 2.19. The first-order valence-corrected chi connectivity index (χ1v) is 3.97. The number of fused-ring (bicyclic) bond motifs is 3. The Morgan fingerprint density at radius 3 is 3.15 bits per heavy atom. The fourth-order valence-electron chi connectivity index (χ4n) is 1.48. The molecule has 1 aromatic carbocycles. The zero-order valence-corrected chi connectivity index (χ0v) is 6.73. The molecule has 2 aromatic heterocycles. The van der Waals surface area contributed by atoms with Crippen molar-refractivity contribution in [1.82, 2.24) is 20.2 Å². The van der Waals surface area contributed by atoms with Gasteiger partial charge in [0.1, 0.15) is 0 Å². The minimum atomic E-state index is 0.912. The summed E-state index contributed by atoms with van der Waals surface area (Å²) in [4.78, 5) is 7.10. The Bertz CT molecular complexity index is 570. The van der Waals surface area contributed by atoms with E-state index < -0.39 is 0 Å². The number of aromatic nitrogens is 4. The third-order valence-electron chi connectivity index (χ3n) is 2.10. The van der Waals surface area contributed by atoms with E-state index in [9.17, 15) is 0 Å². The van der Waals surface area contributed by atoms with Gasteiger partial charge in [0.15, 0.2) is 0 Å². The molecule has 0 saturated carbocycles. The van der Waals surface area contributed by atoms with Crippen LogP contribution < -0.4 is 0 Å². The zero-order chi connectivity index (χ0) is 8.67. The molecule has 3 rings (SSSR count). The highest BCUT2D eigenvalue weighted by atomic mass is 15.1. The second-order valence-electron chi connectivity index (χ2n) is 2.86. The zero-order valence-electron chi connectivity index (χ0n) is 6.73. The molecular formula is C9H6N4. The van der Waals surface area contributed by atoms with E-state index in [4.69, 9.17) is 0 Å². The van der Waals surface area contributed by atoms with E-state index >= 15 is 0 Å². The molecule has 0 saturated heterocycles. The van der Waals surface area contributed by atoms with Crippen molar-refractivity contribution in [2.24, 2.45) is 0 Å². The van der Waals surface area contributed by atoms with Crippen LogP contribution in [-0.4, -0.2) is 20.2 Å². The third kappa shape index (κ3) is 0.823. The maximum absolute atomic E-state index is 4.01. The first kappa shape index (κ1) is 6.54. The van der Waals surface area contributed by atoms with E-state index in [1.54, 1.807) is 12.5 Å². The standard InChI is InChI=1S/C9H6N4/c1-2-8-7(4-12-13-8)9-6(1)3-10-5-11-9/h1-5H,(H,10,11). The van der Waals surface area contributed by atoms with Gasteiger partial charge in [-0.05, 0) is 12.1 Å². The van der Waals surface area contributed by atoms with Crippen LogP contribution in [0, 0.1) is 0 Å². The summed E-state index contributed by atoms with van der Waals surface area (Å²) in [6.45, 7) is 0. The number of nitrogens with one attached hydrogen (secondary N) is 1. The van der Waals surface area contributed by atoms with Gasteiger partial charge in [-0.15, -0.1) is 0 Å². The molecule has 0 fully saturated rings. The van der Waals surface area contributed by atoms with Crippen molar-refractivity contribution in [3.05, 3.63) is 30.9 Å². The number of rotatable bonds is 0. The fraction of sp³-hybridized carbons (Fsp3) is 0. The second-order valence-corrected chi connectivity index (χ2v) is 2.86. The van der Waals surface area contributed by atoms with Gasteiger partial charge < -0.3 is 4.98 Å². The Morgan fingerprint density at radius 2 is 2.15 bits per heavy atom. The van der Waals surface area contributed by atoms with Gasteiger partial charge in [0.25, 0.3) is 0 Å². The van der Waals surface area contributed by atoms with E-state index in [-0.39, 0.29) is 0 Å². The van der Waals surface area contributed by atoms with Crippen LogP contribution >= 0.6 is 0 Å². The molecule has 0 spiro atoms. The van der Waals surface area contributed by atoms with Gasteiger partial charge in [-0.25, -0.2) is 4.98 Å². The summed E-state index contributed by atoms with van der Waals surface area (Å²) >= 11 is 0. The number of H-pyrrole nitrogens is 1. The molecule has 0 aliphatic rings. The minimum Gasteiger partial charge on any atom is -0.345 e.